The summed E-state index contributed by atoms with van der Waals surface area (Å²) in [7, 11) is 0. The molecule has 1 saturated heterocycles. The van der Waals surface area contributed by atoms with Gasteiger partial charge in [0, 0.05) is 12.6 Å². The van der Waals surface area contributed by atoms with Crippen molar-refractivity contribution in [2.45, 2.75) is 38.8 Å². The number of H-pyrrole nitrogens is 1. The van der Waals surface area contributed by atoms with E-state index in [0.717, 1.165) is 18.2 Å². The molecule has 1 fully saturated rings. The lowest BCUT2D eigenvalue weighted by atomic mass is 9.95. The highest BCUT2D eigenvalue weighted by molar-refractivity contribution is 5.92. The molecule has 2 aromatic rings. The van der Waals surface area contributed by atoms with Crippen LogP contribution in [0.4, 0.5) is 27.9 Å². The van der Waals surface area contributed by atoms with Gasteiger partial charge >= 0.3 is 6.36 Å². The van der Waals surface area contributed by atoms with E-state index in [9.17, 15) is 31.5 Å². The van der Waals surface area contributed by atoms with Crippen LogP contribution in [0.25, 0.3) is 0 Å². The van der Waals surface area contributed by atoms with E-state index in [1.165, 1.54) is 11.0 Å². The molecule has 0 bridgehead atoms. The Balaban J connectivity index is 1.82. The second-order valence-electron chi connectivity index (χ2n) is 7.72. The number of carbonyl (C=O) groups excluding carboxylic acids is 1. The molecule has 1 amide bonds. The molecule has 2 atom stereocenters. The summed E-state index contributed by atoms with van der Waals surface area (Å²) in [6.07, 6.45) is -5.84. The number of carbonyl (C=O) groups is 1. The van der Waals surface area contributed by atoms with Gasteiger partial charge in [0.25, 0.3) is 11.5 Å². The summed E-state index contributed by atoms with van der Waals surface area (Å²) in [6.45, 7) is 3.79. The Hall–Kier alpha value is -3.18. The zero-order valence-corrected chi connectivity index (χ0v) is 17.2. The van der Waals surface area contributed by atoms with Crippen molar-refractivity contribution >= 4 is 11.9 Å². The molecule has 3 rings (SSSR count). The van der Waals surface area contributed by atoms with E-state index in [2.05, 4.69) is 20.0 Å². The lowest BCUT2D eigenvalue weighted by Gasteiger charge is -2.23. The SMILES string of the molecule is CC(C)[C@@H](NC(=O)c1cc(=O)[nH]c(N2CC[C@@H](F)C2)n1)c1ccc(OC(F)(F)F)c(F)c1. The molecule has 0 spiro atoms. The summed E-state index contributed by atoms with van der Waals surface area (Å²) in [6, 6.07) is 3.04. The number of ether oxygens (including phenoxy) is 1. The second kappa shape index (κ2) is 9.13. The monoisotopic (exact) mass is 460 g/mol. The number of nitrogens with one attached hydrogen (secondary N) is 2. The van der Waals surface area contributed by atoms with E-state index < -0.39 is 41.6 Å². The van der Waals surface area contributed by atoms with Crippen LogP contribution in [0.5, 0.6) is 5.75 Å². The number of nitrogens with zero attached hydrogens (tertiary/aromatic N) is 2. The first-order valence-electron chi connectivity index (χ1n) is 9.79. The van der Waals surface area contributed by atoms with E-state index in [4.69, 9.17) is 0 Å². The van der Waals surface area contributed by atoms with Gasteiger partial charge in [-0.2, -0.15) is 0 Å². The minimum atomic E-state index is -5.05. The van der Waals surface area contributed by atoms with Crippen LogP contribution < -0.4 is 20.5 Å². The van der Waals surface area contributed by atoms with E-state index in [-0.39, 0.29) is 36.1 Å². The van der Waals surface area contributed by atoms with E-state index in [1.807, 2.05) is 0 Å². The molecule has 2 heterocycles. The number of aromatic amines is 1. The Morgan fingerprint density at radius 2 is 2.03 bits per heavy atom. The summed E-state index contributed by atoms with van der Waals surface area (Å²) in [5.41, 5.74) is -0.636. The Morgan fingerprint density at radius 3 is 2.59 bits per heavy atom. The zero-order chi connectivity index (χ0) is 23.6. The van der Waals surface area contributed by atoms with Crippen molar-refractivity contribution in [3.8, 4) is 5.75 Å². The number of aromatic nitrogens is 2. The molecule has 32 heavy (non-hydrogen) atoms. The van der Waals surface area contributed by atoms with Crippen molar-refractivity contribution < 1.29 is 31.5 Å². The molecule has 2 N–H and O–H groups in total. The lowest BCUT2D eigenvalue weighted by Crippen LogP contribution is -2.34. The molecule has 0 radical (unpaired) electrons. The molecule has 0 aliphatic carbocycles. The van der Waals surface area contributed by atoms with Crippen LogP contribution in [0.1, 0.15) is 42.4 Å². The molecular formula is C20H21F5N4O3. The van der Waals surface area contributed by atoms with Crippen LogP contribution in [0.15, 0.2) is 29.1 Å². The van der Waals surface area contributed by atoms with Crippen molar-refractivity contribution in [1.82, 2.24) is 15.3 Å². The average Bonchev–Trinajstić information content (AvgIpc) is 3.12. The van der Waals surface area contributed by atoms with Crippen molar-refractivity contribution in [3.05, 3.63) is 51.7 Å². The minimum absolute atomic E-state index is 0.0360. The number of benzene rings is 1. The van der Waals surface area contributed by atoms with Crippen molar-refractivity contribution in [2.24, 2.45) is 5.92 Å². The van der Waals surface area contributed by atoms with Crippen LogP contribution in [0, 0.1) is 11.7 Å². The molecule has 12 heteroatoms. The minimum Gasteiger partial charge on any atom is -0.403 e. The number of halogens is 5. The highest BCUT2D eigenvalue weighted by Gasteiger charge is 2.33. The fourth-order valence-corrected chi connectivity index (χ4v) is 3.39. The largest absolute Gasteiger partial charge is 0.573 e. The molecule has 1 aliphatic rings. The van der Waals surface area contributed by atoms with E-state index >= 15 is 0 Å². The van der Waals surface area contributed by atoms with Gasteiger partial charge in [-0.3, -0.25) is 14.6 Å². The molecule has 1 aliphatic heterocycles. The first kappa shape index (κ1) is 23.5. The number of hydrogen-bond acceptors (Lipinski definition) is 5. The third-order valence-corrected chi connectivity index (χ3v) is 4.89. The van der Waals surface area contributed by atoms with Crippen LogP contribution in [0.2, 0.25) is 0 Å². The number of hydrogen-bond donors (Lipinski definition) is 2. The fourth-order valence-electron chi connectivity index (χ4n) is 3.39. The van der Waals surface area contributed by atoms with Crippen LogP contribution in [-0.4, -0.2) is 41.5 Å². The molecule has 0 saturated carbocycles. The van der Waals surface area contributed by atoms with Gasteiger partial charge in [0.15, 0.2) is 11.6 Å². The summed E-state index contributed by atoms with van der Waals surface area (Å²) < 4.78 is 68.3. The van der Waals surface area contributed by atoms with Crippen LogP contribution >= 0.6 is 0 Å². The maximum absolute atomic E-state index is 14.1. The maximum atomic E-state index is 14.1. The first-order chi connectivity index (χ1) is 14.9. The highest BCUT2D eigenvalue weighted by atomic mass is 19.4. The zero-order valence-electron chi connectivity index (χ0n) is 17.2. The number of anilines is 1. The third kappa shape index (κ3) is 5.74. The third-order valence-electron chi connectivity index (χ3n) is 4.89. The predicted octanol–water partition coefficient (Wildman–Crippen LogP) is 3.48. The van der Waals surface area contributed by atoms with Gasteiger partial charge in [-0.25, -0.2) is 13.8 Å². The normalized spacial score (nSPS) is 17.5. The Kier molecular flexibility index (Phi) is 6.70. The Morgan fingerprint density at radius 1 is 1.31 bits per heavy atom. The van der Waals surface area contributed by atoms with Gasteiger partial charge in [0.05, 0.1) is 12.6 Å². The Bertz CT molecular complexity index is 1040. The van der Waals surface area contributed by atoms with Gasteiger partial charge in [-0.05, 0) is 30.0 Å². The number of rotatable bonds is 6. The molecule has 7 nitrogen and oxygen atoms in total. The lowest BCUT2D eigenvalue weighted by molar-refractivity contribution is -0.275. The molecule has 1 aromatic carbocycles. The van der Waals surface area contributed by atoms with Gasteiger partial charge in [0.2, 0.25) is 5.95 Å². The second-order valence-corrected chi connectivity index (χ2v) is 7.72. The van der Waals surface area contributed by atoms with Crippen molar-refractivity contribution in [1.29, 1.82) is 0 Å². The fraction of sp³-hybridized carbons (Fsp3) is 0.450. The summed E-state index contributed by atoms with van der Waals surface area (Å²) in [5.74, 6) is -3.22. The quantitative estimate of drug-likeness (QED) is 0.645. The van der Waals surface area contributed by atoms with Crippen molar-refractivity contribution in [2.75, 3.05) is 18.0 Å². The highest BCUT2D eigenvalue weighted by Crippen LogP contribution is 2.30. The standard InChI is InChI=1S/C20H21F5N4O3/c1-10(2)17(11-3-4-15(13(22)7-11)32-20(23,24)25)28-18(31)14-8-16(30)27-19(26-14)29-6-5-12(21)9-29/h3-4,7-8,10,12,17H,5-6,9H2,1-2H3,(H,28,31)(H,26,27,30)/t12-,17-/m1/s1. The molecule has 0 unspecified atom stereocenters. The topological polar surface area (TPSA) is 87.3 Å². The molecule has 174 valence electrons. The van der Waals surface area contributed by atoms with Crippen molar-refractivity contribution in [3.63, 3.8) is 0 Å². The summed E-state index contributed by atoms with van der Waals surface area (Å²) in [5, 5.41) is 2.62. The van der Waals surface area contributed by atoms with Gasteiger partial charge < -0.3 is 15.0 Å². The summed E-state index contributed by atoms with van der Waals surface area (Å²) >= 11 is 0. The number of alkyl halides is 4. The van der Waals surface area contributed by atoms with Crippen LogP contribution in [-0.2, 0) is 0 Å². The molecule has 1 aromatic heterocycles. The van der Waals surface area contributed by atoms with Gasteiger partial charge in [-0.1, -0.05) is 19.9 Å². The Labute approximate surface area is 179 Å². The average molecular weight is 460 g/mol. The van der Waals surface area contributed by atoms with E-state index in [0.29, 0.717) is 6.54 Å². The smallest absolute Gasteiger partial charge is 0.403 e. The number of amides is 1. The maximum Gasteiger partial charge on any atom is 0.573 e. The summed E-state index contributed by atoms with van der Waals surface area (Å²) in [4.78, 5) is 32.8. The van der Waals surface area contributed by atoms with Gasteiger partial charge in [-0.15, -0.1) is 13.2 Å². The molecular weight excluding hydrogens is 439 g/mol. The van der Waals surface area contributed by atoms with Crippen LogP contribution in [0.3, 0.4) is 0 Å². The first-order valence-corrected chi connectivity index (χ1v) is 9.79. The predicted molar refractivity (Wildman–Crippen MR) is 105 cm³/mol. The van der Waals surface area contributed by atoms with Gasteiger partial charge in [0.1, 0.15) is 11.9 Å². The van der Waals surface area contributed by atoms with E-state index in [1.54, 1.807) is 13.8 Å².